The standard InChI is InChI=1S/C22H21ClN6OS/c23-20-4-2-15-8-17(31-22(15)27-20)11-28-5-6-29(16(10-28)12-30)9-14-1-3-18-19(7-14)25-13-26-21(18)24/h1-4,7-8,12-13,16H,5-6,9-11H2,(H2,24,25,26). The summed E-state index contributed by atoms with van der Waals surface area (Å²) in [6.07, 6.45) is 2.53. The molecule has 5 rings (SSSR count). The van der Waals surface area contributed by atoms with Crippen LogP contribution in [0.5, 0.6) is 0 Å². The number of benzene rings is 1. The van der Waals surface area contributed by atoms with Crippen LogP contribution in [0, 0.1) is 0 Å². The first-order valence-corrected chi connectivity index (χ1v) is 11.2. The highest BCUT2D eigenvalue weighted by Crippen LogP contribution is 2.27. The van der Waals surface area contributed by atoms with E-state index in [9.17, 15) is 4.79 Å². The van der Waals surface area contributed by atoms with Crippen LogP contribution < -0.4 is 5.73 Å². The van der Waals surface area contributed by atoms with E-state index in [1.807, 2.05) is 30.3 Å². The Morgan fingerprint density at radius 1 is 1.16 bits per heavy atom. The quantitative estimate of drug-likeness (QED) is 0.367. The summed E-state index contributed by atoms with van der Waals surface area (Å²) in [5, 5.41) is 2.47. The van der Waals surface area contributed by atoms with Crippen LogP contribution in [0.4, 0.5) is 5.82 Å². The molecule has 0 saturated carbocycles. The molecule has 1 aliphatic heterocycles. The predicted octanol–water partition coefficient (Wildman–Crippen LogP) is 3.36. The Morgan fingerprint density at radius 3 is 2.94 bits per heavy atom. The number of hydrogen-bond donors (Lipinski definition) is 1. The van der Waals surface area contributed by atoms with Crippen molar-refractivity contribution < 1.29 is 4.79 Å². The summed E-state index contributed by atoms with van der Waals surface area (Å²) in [5.41, 5.74) is 7.86. The maximum Gasteiger partial charge on any atom is 0.138 e. The molecule has 1 atom stereocenters. The molecule has 1 aromatic carbocycles. The van der Waals surface area contributed by atoms with E-state index in [0.717, 1.165) is 52.6 Å². The van der Waals surface area contributed by atoms with E-state index in [1.54, 1.807) is 11.3 Å². The first-order chi connectivity index (χ1) is 15.1. The van der Waals surface area contributed by atoms with Gasteiger partial charge in [0.2, 0.25) is 0 Å². The number of carbonyl (C=O) groups excluding carboxylic acids is 1. The number of rotatable bonds is 5. The van der Waals surface area contributed by atoms with Crippen molar-refractivity contribution in [2.45, 2.75) is 19.1 Å². The first-order valence-electron chi connectivity index (χ1n) is 10.0. The van der Waals surface area contributed by atoms with Crippen molar-refractivity contribution in [2.24, 2.45) is 0 Å². The van der Waals surface area contributed by atoms with Crippen LogP contribution in [-0.2, 0) is 17.9 Å². The maximum absolute atomic E-state index is 11.9. The third-order valence-corrected chi connectivity index (χ3v) is 6.91. The summed E-state index contributed by atoms with van der Waals surface area (Å²) in [4.78, 5) is 31.3. The average molecular weight is 453 g/mol. The monoisotopic (exact) mass is 452 g/mol. The van der Waals surface area contributed by atoms with Crippen LogP contribution >= 0.6 is 22.9 Å². The molecule has 1 aliphatic rings. The number of halogens is 1. The van der Waals surface area contributed by atoms with Gasteiger partial charge in [-0.05, 0) is 35.9 Å². The van der Waals surface area contributed by atoms with Gasteiger partial charge in [-0.3, -0.25) is 9.80 Å². The normalized spacial score (nSPS) is 18.0. The fraction of sp³-hybridized carbons (Fsp3) is 0.273. The molecule has 0 radical (unpaired) electrons. The summed E-state index contributed by atoms with van der Waals surface area (Å²) in [5.74, 6) is 0.481. The zero-order chi connectivity index (χ0) is 21.4. The molecule has 31 heavy (non-hydrogen) atoms. The van der Waals surface area contributed by atoms with Gasteiger partial charge in [0, 0.05) is 48.4 Å². The SMILES string of the molecule is Nc1ncnc2cc(CN3CCN(Cc4cc5ccc(Cl)nc5s4)CC3C=O)ccc12. The van der Waals surface area contributed by atoms with E-state index in [-0.39, 0.29) is 6.04 Å². The highest BCUT2D eigenvalue weighted by atomic mass is 35.5. The highest BCUT2D eigenvalue weighted by molar-refractivity contribution is 7.18. The number of fused-ring (bicyclic) bond motifs is 2. The fourth-order valence-electron chi connectivity index (χ4n) is 4.08. The van der Waals surface area contributed by atoms with Gasteiger partial charge in [0.25, 0.3) is 0 Å². The van der Waals surface area contributed by atoms with Gasteiger partial charge in [-0.2, -0.15) is 0 Å². The van der Waals surface area contributed by atoms with Crippen LogP contribution in [0.25, 0.3) is 21.1 Å². The molecule has 3 aromatic heterocycles. The van der Waals surface area contributed by atoms with Crippen LogP contribution in [0.1, 0.15) is 10.4 Å². The lowest BCUT2D eigenvalue weighted by atomic mass is 10.1. The molecule has 2 N–H and O–H groups in total. The Bertz CT molecular complexity index is 1260. The van der Waals surface area contributed by atoms with Crippen LogP contribution in [0.15, 0.2) is 42.7 Å². The number of pyridine rings is 1. The second kappa shape index (κ2) is 8.47. The minimum Gasteiger partial charge on any atom is -0.383 e. The summed E-state index contributed by atoms with van der Waals surface area (Å²) in [7, 11) is 0. The van der Waals surface area contributed by atoms with Gasteiger partial charge in [0.15, 0.2) is 0 Å². The van der Waals surface area contributed by atoms with Gasteiger partial charge in [-0.1, -0.05) is 17.7 Å². The number of piperazine rings is 1. The van der Waals surface area contributed by atoms with E-state index >= 15 is 0 Å². The first kappa shape index (κ1) is 20.3. The second-order valence-electron chi connectivity index (χ2n) is 7.76. The molecule has 0 spiro atoms. The maximum atomic E-state index is 11.9. The lowest BCUT2D eigenvalue weighted by molar-refractivity contribution is -0.115. The van der Waals surface area contributed by atoms with E-state index in [4.69, 9.17) is 17.3 Å². The van der Waals surface area contributed by atoms with Gasteiger partial charge in [0.1, 0.15) is 28.4 Å². The summed E-state index contributed by atoms with van der Waals surface area (Å²) < 4.78 is 0. The highest BCUT2D eigenvalue weighted by Gasteiger charge is 2.27. The van der Waals surface area contributed by atoms with Crippen LogP contribution in [0.2, 0.25) is 5.15 Å². The van der Waals surface area contributed by atoms with Gasteiger partial charge in [-0.25, -0.2) is 15.0 Å². The van der Waals surface area contributed by atoms with Gasteiger partial charge < -0.3 is 10.5 Å². The third kappa shape index (κ3) is 4.24. The van der Waals surface area contributed by atoms with Crippen LogP contribution in [0.3, 0.4) is 0 Å². The minimum absolute atomic E-state index is 0.151. The molecule has 9 heteroatoms. The van der Waals surface area contributed by atoms with Gasteiger partial charge in [-0.15, -0.1) is 11.3 Å². The number of nitrogen functional groups attached to an aromatic ring is 1. The van der Waals surface area contributed by atoms with Crippen molar-refractivity contribution in [2.75, 3.05) is 25.4 Å². The number of nitrogens with zero attached hydrogens (tertiary/aromatic N) is 5. The van der Waals surface area contributed by atoms with Crippen molar-refractivity contribution in [3.05, 3.63) is 58.3 Å². The molecular formula is C22H21ClN6OS. The fourth-order valence-corrected chi connectivity index (χ4v) is 5.35. The molecule has 1 fully saturated rings. The molecule has 7 nitrogen and oxygen atoms in total. The number of aromatic nitrogens is 3. The summed E-state index contributed by atoms with van der Waals surface area (Å²) >= 11 is 7.67. The zero-order valence-corrected chi connectivity index (χ0v) is 18.3. The summed E-state index contributed by atoms with van der Waals surface area (Å²) in [6.45, 7) is 3.93. The number of thiophene rings is 1. The Kier molecular flexibility index (Phi) is 5.54. The van der Waals surface area contributed by atoms with Crippen molar-refractivity contribution in [1.29, 1.82) is 0 Å². The molecule has 4 aromatic rings. The molecular weight excluding hydrogens is 432 g/mol. The van der Waals surface area contributed by atoms with E-state index in [1.165, 1.54) is 11.2 Å². The number of aldehydes is 1. The van der Waals surface area contributed by atoms with Crippen molar-refractivity contribution in [3.63, 3.8) is 0 Å². The number of carbonyl (C=O) groups is 1. The Labute approximate surface area is 188 Å². The van der Waals surface area contributed by atoms with Gasteiger partial charge >= 0.3 is 0 Å². The van der Waals surface area contributed by atoms with Crippen molar-refractivity contribution >= 4 is 56.2 Å². The minimum atomic E-state index is -0.151. The lowest BCUT2D eigenvalue weighted by Crippen LogP contribution is -2.52. The number of hydrogen-bond acceptors (Lipinski definition) is 8. The second-order valence-corrected chi connectivity index (χ2v) is 9.26. The molecule has 0 bridgehead atoms. The molecule has 158 valence electrons. The topological polar surface area (TPSA) is 88.2 Å². The van der Waals surface area contributed by atoms with Crippen molar-refractivity contribution in [1.82, 2.24) is 24.8 Å². The zero-order valence-electron chi connectivity index (χ0n) is 16.7. The molecule has 4 heterocycles. The van der Waals surface area contributed by atoms with E-state index in [0.29, 0.717) is 24.1 Å². The summed E-state index contributed by atoms with van der Waals surface area (Å²) in [6, 6.07) is 11.8. The molecule has 0 aliphatic carbocycles. The third-order valence-electron chi connectivity index (χ3n) is 5.67. The van der Waals surface area contributed by atoms with Crippen molar-refractivity contribution in [3.8, 4) is 0 Å². The van der Waals surface area contributed by atoms with Gasteiger partial charge in [0.05, 0.1) is 11.6 Å². The Morgan fingerprint density at radius 2 is 2.06 bits per heavy atom. The smallest absolute Gasteiger partial charge is 0.138 e. The number of anilines is 1. The Balaban J connectivity index is 1.27. The van der Waals surface area contributed by atoms with E-state index in [2.05, 4.69) is 30.8 Å². The molecule has 1 unspecified atom stereocenters. The number of nitrogens with two attached hydrogens (primary N) is 1. The van der Waals surface area contributed by atoms with Crippen LogP contribution in [-0.4, -0.2) is 56.7 Å². The largest absolute Gasteiger partial charge is 0.383 e. The average Bonchev–Trinajstić information content (AvgIpc) is 3.16. The molecule has 0 amide bonds. The van der Waals surface area contributed by atoms with E-state index < -0.39 is 0 Å². The predicted molar refractivity (Wildman–Crippen MR) is 124 cm³/mol. The molecule has 1 saturated heterocycles. The Hall–Kier alpha value is -2.65. The lowest BCUT2D eigenvalue weighted by Gasteiger charge is -2.38.